The lowest BCUT2D eigenvalue weighted by atomic mass is 10.0. The number of amides is 2. The number of carbonyl (C=O) groups excluding carboxylic acids is 2. The highest BCUT2D eigenvalue weighted by Crippen LogP contribution is 2.28. The van der Waals surface area contributed by atoms with Crippen LogP contribution in [0.3, 0.4) is 0 Å². The number of para-hydroxylation sites is 1. The van der Waals surface area contributed by atoms with Crippen LogP contribution in [0.2, 0.25) is 0 Å². The fraction of sp³-hybridized carbons (Fsp3) is 0.333. The summed E-state index contributed by atoms with van der Waals surface area (Å²) in [6.45, 7) is 5.57. The van der Waals surface area contributed by atoms with E-state index >= 15 is 0 Å². The van der Waals surface area contributed by atoms with Crippen LogP contribution in [0.1, 0.15) is 37.0 Å². The lowest BCUT2D eigenvalue weighted by Gasteiger charge is -2.34. The van der Waals surface area contributed by atoms with Crippen LogP contribution in [-0.4, -0.2) is 50.0 Å². The number of nitrogens with one attached hydrogen (secondary N) is 1. The van der Waals surface area contributed by atoms with Crippen molar-refractivity contribution in [3.05, 3.63) is 100 Å². The summed E-state index contributed by atoms with van der Waals surface area (Å²) >= 11 is 3.41. The molecule has 39 heavy (non-hydrogen) atoms. The molecule has 0 bridgehead atoms. The lowest BCUT2D eigenvalue weighted by Crippen LogP contribution is -2.54. The summed E-state index contributed by atoms with van der Waals surface area (Å²) in [5, 5.41) is 3.03. The van der Waals surface area contributed by atoms with Crippen LogP contribution in [0.4, 0.5) is 5.69 Å². The number of nitrogens with zero attached hydrogens (tertiary/aromatic N) is 2. The van der Waals surface area contributed by atoms with Crippen molar-refractivity contribution in [2.45, 2.75) is 52.2 Å². The highest BCUT2D eigenvalue weighted by molar-refractivity contribution is 9.10. The first kappa shape index (κ1) is 30.4. The predicted octanol–water partition coefficient (Wildman–Crippen LogP) is 5.08. The SMILES string of the molecule is CCC(C)NC(=O)C(Cc1ccccc1)N(Cc1cccc(C)c1)C(=O)CN(c1ccccc1Br)S(C)(=O)=O. The molecule has 9 heteroatoms. The van der Waals surface area contributed by atoms with E-state index in [4.69, 9.17) is 0 Å². The Labute approximate surface area is 240 Å². The first-order chi connectivity index (χ1) is 18.5. The summed E-state index contributed by atoms with van der Waals surface area (Å²) in [6, 6.07) is 23.2. The second-order valence-electron chi connectivity index (χ2n) is 9.76. The number of aryl methyl sites for hydroxylation is 1. The second kappa shape index (κ2) is 13.8. The standard InChI is InChI=1S/C30H36BrN3O4S/c1-5-23(3)32-30(36)28(19-24-13-7-6-8-14-24)33(20-25-15-11-12-22(2)18-25)29(35)21-34(39(4,37)38)27-17-10-9-16-26(27)31/h6-18,23,28H,5,19-21H2,1-4H3,(H,32,36). The second-order valence-corrected chi connectivity index (χ2v) is 12.5. The average Bonchev–Trinajstić information content (AvgIpc) is 2.89. The van der Waals surface area contributed by atoms with E-state index in [1.807, 2.05) is 75.4 Å². The molecule has 0 aliphatic rings. The Morgan fingerprint density at radius 3 is 2.21 bits per heavy atom. The predicted molar refractivity (Wildman–Crippen MR) is 160 cm³/mol. The summed E-state index contributed by atoms with van der Waals surface area (Å²) in [5.41, 5.74) is 3.13. The van der Waals surface area contributed by atoms with Crippen molar-refractivity contribution in [1.29, 1.82) is 0 Å². The van der Waals surface area contributed by atoms with Gasteiger partial charge in [0.15, 0.2) is 0 Å². The Kier molecular flexibility index (Phi) is 10.7. The maximum Gasteiger partial charge on any atom is 0.244 e. The molecule has 0 radical (unpaired) electrons. The van der Waals surface area contributed by atoms with Crippen LogP contribution >= 0.6 is 15.9 Å². The van der Waals surface area contributed by atoms with E-state index in [1.165, 1.54) is 4.90 Å². The minimum atomic E-state index is -3.82. The minimum absolute atomic E-state index is 0.0838. The summed E-state index contributed by atoms with van der Waals surface area (Å²) in [6.07, 6.45) is 2.09. The number of rotatable bonds is 12. The Morgan fingerprint density at radius 2 is 1.59 bits per heavy atom. The molecule has 2 amide bonds. The molecular formula is C30H36BrN3O4S. The molecule has 3 aromatic carbocycles. The van der Waals surface area contributed by atoms with Crippen LogP contribution in [0, 0.1) is 6.92 Å². The van der Waals surface area contributed by atoms with Gasteiger partial charge in [0.1, 0.15) is 12.6 Å². The van der Waals surface area contributed by atoms with E-state index in [0.29, 0.717) is 10.2 Å². The maximum absolute atomic E-state index is 14.1. The van der Waals surface area contributed by atoms with Gasteiger partial charge < -0.3 is 10.2 Å². The molecular weight excluding hydrogens is 578 g/mol. The van der Waals surface area contributed by atoms with Gasteiger partial charge in [-0.25, -0.2) is 8.42 Å². The van der Waals surface area contributed by atoms with Gasteiger partial charge in [-0.3, -0.25) is 13.9 Å². The highest BCUT2D eigenvalue weighted by Gasteiger charge is 2.33. The molecule has 3 aromatic rings. The molecule has 0 aliphatic carbocycles. The number of anilines is 1. The van der Waals surface area contributed by atoms with E-state index in [1.54, 1.807) is 24.3 Å². The van der Waals surface area contributed by atoms with Crippen LogP contribution in [-0.2, 0) is 32.6 Å². The van der Waals surface area contributed by atoms with Crippen molar-refractivity contribution in [3.8, 4) is 0 Å². The van der Waals surface area contributed by atoms with Gasteiger partial charge in [0.25, 0.3) is 0 Å². The number of hydrogen-bond donors (Lipinski definition) is 1. The van der Waals surface area contributed by atoms with E-state index in [0.717, 1.165) is 33.7 Å². The summed E-state index contributed by atoms with van der Waals surface area (Å²) in [4.78, 5) is 29.3. The maximum atomic E-state index is 14.1. The van der Waals surface area contributed by atoms with Crippen molar-refractivity contribution in [3.63, 3.8) is 0 Å². The Balaban J connectivity index is 2.07. The van der Waals surface area contributed by atoms with Gasteiger partial charge in [-0.05, 0) is 59.5 Å². The highest BCUT2D eigenvalue weighted by atomic mass is 79.9. The quantitative estimate of drug-likeness (QED) is 0.309. The Bertz CT molecular complexity index is 1380. The normalized spacial score (nSPS) is 12.8. The number of hydrogen-bond acceptors (Lipinski definition) is 4. The smallest absolute Gasteiger partial charge is 0.244 e. The van der Waals surface area contributed by atoms with E-state index in [2.05, 4.69) is 21.2 Å². The minimum Gasteiger partial charge on any atom is -0.352 e. The zero-order valence-corrected chi connectivity index (χ0v) is 25.2. The third-order valence-corrected chi connectivity index (χ3v) is 8.30. The third kappa shape index (κ3) is 8.66. The molecule has 2 atom stereocenters. The van der Waals surface area contributed by atoms with E-state index in [-0.39, 0.29) is 24.9 Å². The molecule has 3 rings (SSSR count). The Morgan fingerprint density at radius 1 is 0.949 bits per heavy atom. The largest absolute Gasteiger partial charge is 0.352 e. The van der Waals surface area contributed by atoms with Gasteiger partial charge in [0.2, 0.25) is 21.8 Å². The number of sulfonamides is 1. The van der Waals surface area contributed by atoms with Gasteiger partial charge in [0, 0.05) is 23.5 Å². The monoisotopic (exact) mass is 613 g/mol. The van der Waals surface area contributed by atoms with Crippen molar-refractivity contribution in [1.82, 2.24) is 10.2 Å². The molecule has 0 spiro atoms. The van der Waals surface area contributed by atoms with Crippen LogP contribution < -0.4 is 9.62 Å². The number of halogens is 1. The summed E-state index contributed by atoms with van der Waals surface area (Å²) in [7, 11) is -3.82. The Hall–Kier alpha value is -3.17. The molecule has 0 saturated carbocycles. The van der Waals surface area contributed by atoms with Crippen molar-refractivity contribution < 1.29 is 18.0 Å². The molecule has 7 nitrogen and oxygen atoms in total. The van der Waals surface area contributed by atoms with Crippen molar-refractivity contribution in [2.75, 3.05) is 17.1 Å². The first-order valence-corrected chi connectivity index (χ1v) is 15.5. The molecule has 1 N–H and O–H groups in total. The van der Waals surface area contributed by atoms with Gasteiger partial charge in [0.05, 0.1) is 11.9 Å². The number of benzene rings is 3. The average molecular weight is 615 g/mol. The van der Waals surface area contributed by atoms with Gasteiger partial charge >= 0.3 is 0 Å². The third-order valence-electron chi connectivity index (χ3n) is 6.51. The van der Waals surface area contributed by atoms with Crippen molar-refractivity contribution >= 4 is 43.5 Å². The lowest BCUT2D eigenvalue weighted by molar-refractivity contribution is -0.140. The summed E-state index contributed by atoms with van der Waals surface area (Å²) < 4.78 is 27.4. The molecule has 2 unspecified atom stereocenters. The van der Waals surface area contributed by atoms with Crippen LogP contribution in [0.15, 0.2) is 83.3 Å². The van der Waals surface area contributed by atoms with Gasteiger partial charge in [-0.2, -0.15) is 0 Å². The summed E-state index contributed by atoms with van der Waals surface area (Å²) in [5.74, 6) is -0.751. The molecule has 0 fully saturated rings. The fourth-order valence-corrected chi connectivity index (χ4v) is 5.73. The van der Waals surface area contributed by atoms with Crippen LogP contribution in [0.25, 0.3) is 0 Å². The van der Waals surface area contributed by atoms with Crippen LogP contribution in [0.5, 0.6) is 0 Å². The van der Waals surface area contributed by atoms with E-state index in [9.17, 15) is 18.0 Å². The fourth-order valence-electron chi connectivity index (χ4n) is 4.25. The molecule has 0 saturated heterocycles. The van der Waals surface area contributed by atoms with Gasteiger partial charge in [-0.15, -0.1) is 0 Å². The topological polar surface area (TPSA) is 86.8 Å². The van der Waals surface area contributed by atoms with E-state index < -0.39 is 28.5 Å². The molecule has 0 aromatic heterocycles. The first-order valence-electron chi connectivity index (χ1n) is 12.9. The molecule has 208 valence electrons. The molecule has 0 aliphatic heterocycles. The van der Waals surface area contributed by atoms with Gasteiger partial charge in [-0.1, -0.05) is 79.2 Å². The number of carbonyl (C=O) groups is 2. The molecule has 0 heterocycles. The zero-order chi connectivity index (χ0) is 28.6. The van der Waals surface area contributed by atoms with Crippen molar-refractivity contribution in [2.24, 2.45) is 0 Å². The zero-order valence-electron chi connectivity index (χ0n) is 22.8.